The van der Waals surface area contributed by atoms with Crippen LogP contribution in [-0.4, -0.2) is 30.6 Å². The molecule has 0 saturated heterocycles. The zero-order valence-corrected chi connectivity index (χ0v) is 11.3. The lowest BCUT2D eigenvalue weighted by Gasteiger charge is -2.06. The highest BCUT2D eigenvalue weighted by Crippen LogP contribution is 2.17. The Kier molecular flexibility index (Phi) is 3.21. The Bertz CT molecular complexity index is 736. The molecule has 0 aliphatic rings. The van der Waals surface area contributed by atoms with E-state index >= 15 is 0 Å². The molecule has 0 unspecified atom stereocenters. The van der Waals surface area contributed by atoms with Crippen molar-refractivity contribution in [1.29, 1.82) is 0 Å². The molecule has 0 radical (unpaired) electrons. The van der Waals surface area contributed by atoms with E-state index in [9.17, 15) is 4.79 Å². The molecule has 1 amide bonds. The minimum Gasteiger partial charge on any atom is -0.298 e. The van der Waals surface area contributed by atoms with Gasteiger partial charge >= 0.3 is 0 Å². The fraction of sp³-hybridized carbons (Fsp3) is 0.0833. The van der Waals surface area contributed by atoms with Crippen molar-refractivity contribution in [3.8, 4) is 5.82 Å². The monoisotopic (exact) mass is 286 g/mol. The predicted molar refractivity (Wildman–Crippen MR) is 74.0 cm³/mol. The Morgan fingerprint density at radius 2 is 2.35 bits per heavy atom. The van der Waals surface area contributed by atoms with E-state index in [0.29, 0.717) is 16.5 Å². The van der Waals surface area contributed by atoms with Gasteiger partial charge in [0.1, 0.15) is 12.7 Å². The third kappa shape index (κ3) is 2.41. The largest absolute Gasteiger partial charge is 0.298 e. The fourth-order valence-electron chi connectivity index (χ4n) is 1.65. The van der Waals surface area contributed by atoms with Crippen LogP contribution in [-0.2, 0) is 0 Å². The number of carbonyl (C=O) groups excluding carboxylic acids is 1. The maximum absolute atomic E-state index is 12.3. The van der Waals surface area contributed by atoms with Gasteiger partial charge in [-0.05, 0) is 19.1 Å². The van der Waals surface area contributed by atoms with Crippen LogP contribution in [0, 0.1) is 6.92 Å². The molecule has 0 bridgehead atoms. The Labute approximate surface area is 118 Å². The molecule has 8 heteroatoms. The summed E-state index contributed by atoms with van der Waals surface area (Å²) in [4.78, 5) is 24.5. The van der Waals surface area contributed by atoms with Gasteiger partial charge in [-0.1, -0.05) is 0 Å². The minimum absolute atomic E-state index is 0.280. The quantitative estimate of drug-likeness (QED) is 0.791. The van der Waals surface area contributed by atoms with Crippen LogP contribution in [0.3, 0.4) is 0 Å². The van der Waals surface area contributed by atoms with Crippen LogP contribution in [0.2, 0.25) is 0 Å². The molecular formula is C12H10N6OS. The first-order chi connectivity index (χ1) is 9.74. The van der Waals surface area contributed by atoms with Crippen LogP contribution in [0.15, 0.2) is 36.4 Å². The van der Waals surface area contributed by atoms with Gasteiger partial charge in [-0.25, -0.2) is 19.6 Å². The first-order valence-electron chi connectivity index (χ1n) is 5.77. The predicted octanol–water partition coefficient (Wildman–Crippen LogP) is 1.68. The number of anilines is 1. The van der Waals surface area contributed by atoms with Crippen molar-refractivity contribution < 1.29 is 4.79 Å². The number of aryl methyl sites for hydroxylation is 1. The topological polar surface area (TPSA) is 85.6 Å². The van der Waals surface area contributed by atoms with Gasteiger partial charge in [0.25, 0.3) is 5.91 Å². The molecule has 0 spiro atoms. The van der Waals surface area contributed by atoms with Crippen molar-refractivity contribution in [2.45, 2.75) is 6.92 Å². The third-order valence-electron chi connectivity index (χ3n) is 2.51. The summed E-state index contributed by atoms with van der Waals surface area (Å²) in [7, 11) is 0. The summed E-state index contributed by atoms with van der Waals surface area (Å²) in [5, 5.41) is 9.17. The molecule has 100 valence electrons. The van der Waals surface area contributed by atoms with Gasteiger partial charge in [0, 0.05) is 11.6 Å². The molecule has 0 aliphatic heterocycles. The van der Waals surface area contributed by atoms with Gasteiger partial charge in [-0.2, -0.15) is 5.10 Å². The zero-order valence-electron chi connectivity index (χ0n) is 10.5. The number of rotatable bonds is 3. The van der Waals surface area contributed by atoms with E-state index in [1.807, 2.05) is 12.3 Å². The number of hydrogen-bond donors (Lipinski definition) is 1. The van der Waals surface area contributed by atoms with Crippen LogP contribution in [0.1, 0.15) is 16.1 Å². The van der Waals surface area contributed by atoms with E-state index in [4.69, 9.17) is 0 Å². The van der Waals surface area contributed by atoms with Gasteiger partial charge in [0.2, 0.25) is 0 Å². The SMILES string of the molecule is Cc1csc(NC(=O)c2cccnc2-n2cncn2)n1. The summed E-state index contributed by atoms with van der Waals surface area (Å²) >= 11 is 1.38. The van der Waals surface area contributed by atoms with Crippen molar-refractivity contribution in [2.24, 2.45) is 0 Å². The fourth-order valence-corrected chi connectivity index (χ4v) is 2.33. The van der Waals surface area contributed by atoms with Crippen LogP contribution in [0.4, 0.5) is 5.13 Å². The molecule has 7 nitrogen and oxygen atoms in total. The molecule has 3 aromatic rings. The van der Waals surface area contributed by atoms with Crippen LogP contribution >= 0.6 is 11.3 Å². The number of nitrogens with one attached hydrogen (secondary N) is 1. The summed E-state index contributed by atoms with van der Waals surface area (Å²) in [6.07, 6.45) is 4.48. The first kappa shape index (κ1) is 12.4. The normalized spacial score (nSPS) is 10.4. The van der Waals surface area contributed by atoms with Gasteiger partial charge in [-0.3, -0.25) is 10.1 Å². The van der Waals surface area contributed by atoms with Gasteiger partial charge in [0.05, 0.1) is 11.3 Å². The number of aromatic nitrogens is 5. The molecule has 20 heavy (non-hydrogen) atoms. The van der Waals surface area contributed by atoms with Crippen LogP contribution in [0.5, 0.6) is 0 Å². The van der Waals surface area contributed by atoms with Gasteiger partial charge < -0.3 is 0 Å². The number of pyridine rings is 1. The lowest BCUT2D eigenvalue weighted by atomic mass is 10.2. The molecule has 3 aromatic heterocycles. The molecular weight excluding hydrogens is 276 g/mol. The lowest BCUT2D eigenvalue weighted by Crippen LogP contribution is -2.16. The summed E-state index contributed by atoms with van der Waals surface area (Å²) < 4.78 is 1.45. The summed E-state index contributed by atoms with van der Waals surface area (Å²) in [5.74, 6) is 0.147. The standard InChI is InChI=1S/C12H10N6OS/c1-8-5-20-12(16-8)17-11(19)9-3-2-4-14-10(9)18-7-13-6-15-18/h2-7H,1H3,(H,16,17,19). The molecule has 1 N–H and O–H groups in total. The van der Waals surface area contributed by atoms with Crippen LogP contribution < -0.4 is 5.32 Å². The van der Waals surface area contributed by atoms with Crippen molar-refractivity contribution in [3.05, 3.63) is 47.6 Å². The molecule has 0 aromatic carbocycles. The van der Waals surface area contributed by atoms with E-state index in [-0.39, 0.29) is 5.91 Å². The van der Waals surface area contributed by atoms with Crippen molar-refractivity contribution in [1.82, 2.24) is 24.7 Å². The maximum Gasteiger partial charge on any atom is 0.261 e. The number of amides is 1. The van der Waals surface area contributed by atoms with E-state index in [1.54, 1.807) is 18.3 Å². The maximum atomic E-state index is 12.3. The second-order valence-electron chi connectivity index (χ2n) is 3.96. The molecule has 0 aliphatic carbocycles. The van der Waals surface area contributed by atoms with Gasteiger partial charge in [-0.15, -0.1) is 11.3 Å². The summed E-state index contributed by atoms with van der Waals surface area (Å²) in [6, 6.07) is 3.38. The number of thiazole rings is 1. The molecule has 0 atom stereocenters. The van der Waals surface area contributed by atoms with Crippen molar-refractivity contribution in [3.63, 3.8) is 0 Å². The second kappa shape index (κ2) is 5.17. The Morgan fingerprint density at radius 1 is 1.45 bits per heavy atom. The Hall–Kier alpha value is -2.61. The van der Waals surface area contributed by atoms with E-state index in [2.05, 4.69) is 25.4 Å². The highest BCUT2D eigenvalue weighted by molar-refractivity contribution is 7.13. The number of nitrogens with zero attached hydrogens (tertiary/aromatic N) is 5. The highest BCUT2D eigenvalue weighted by Gasteiger charge is 2.15. The Morgan fingerprint density at radius 3 is 3.05 bits per heavy atom. The first-order valence-corrected chi connectivity index (χ1v) is 6.65. The summed E-state index contributed by atoms with van der Waals surface area (Å²) in [5.41, 5.74) is 1.28. The lowest BCUT2D eigenvalue weighted by molar-refractivity contribution is 0.102. The van der Waals surface area contributed by atoms with E-state index in [1.165, 1.54) is 28.7 Å². The van der Waals surface area contributed by atoms with Gasteiger partial charge in [0.15, 0.2) is 10.9 Å². The average molecular weight is 286 g/mol. The average Bonchev–Trinajstić information content (AvgIpc) is 3.10. The summed E-state index contributed by atoms with van der Waals surface area (Å²) in [6.45, 7) is 1.87. The number of hydrogen-bond acceptors (Lipinski definition) is 6. The molecule has 3 heterocycles. The second-order valence-corrected chi connectivity index (χ2v) is 4.82. The van der Waals surface area contributed by atoms with E-state index in [0.717, 1.165) is 5.69 Å². The van der Waals surface area contributed by atoms with Crippen molar-refractivity contribution >= 4 is 22.4 Å². The Balaban J connectivity index is 1.92. The van der Waals surface area contributed by atoms with Crippen LogP contribution in [0.25, 0.3) is 5.82 Å². The number of carbonyl (C=O) groups is 1. The van der Waals surface area contributed by atoms with E-state index < -0.39 is 0 Å². The molecule has 0 fully saturated rings. The molecule has 3 rings (SSSR count). The molecule has 0 saturated carbocycles. The zero-order chi connectivity index (χ0) is 13.9. The highest BCUT2D eigenvalue weighted by atomic mass is 32.1. The smallest absolute Gasteiger partial charge is 0.261 e. The van der Waals surface area contributed by atoms with Crippen molar-refractivity contribution in [2.75, 3.05) is 5.32 Å². The minimum atomic E-state index is -0.280. The third-order valence-corrected chi connectivity index (χ3v) is 3.38.